The molecule has 0 bridgehead atoms. The number of para-hydroxylation sites is 3. The predicted octanol–water partition coefficient (Wildman–Crippen LogP) is 3.53. The topological polar surface area (TPSA) is 79.3 Å². The molecule has 6 heteroatoms. The number of anilines is 1. The Morgan fingerprint density at radius 2 is 1.67 bits per heavy atom. The summed E-state index contributed by atoms with van der Waals surface area (Å²) in [5.41, 5.74) is 9.10. The van der Waals surface area contributed by atoms with Crippen LogP contribution in [0.4, 0.5) is 5.95 Å². The molecule has 0 saturated carbocycles. The number of aliphatic imine (C=N–C) groups is 1. The first-order valence-electron chi connectivity index (χ1n) is 8.73. The first-order chi connectivity index (χ1) is 13.3. The average molecular weight is 356 g/mol. The molecule has 0 amide bonds. The fourth-order valence-corrected chi connectivity index (χ4v) is 3.37. The minimum absolute atomic E-state index is 0.281. The van der Waals surface area contributed by atoms with Crippen LogP contribution in [0.3, 0.4) is 0 Å². The molecular formula is C21H18N5O+. The highest BCUT2D eigenvalue weighted by molar-refractivity contribution is 5.92. The van der Waals surface area contributed by atoms with Gasteiger partial charge in [0.25, 0.3) is 5.96 Å². The number of nitrogens with zero attached hydrogens (tertiary/aromatic N) is 2. The maximum atomic E-state index is 6.04. The first-order valence-corrected chi connectivity index (χ1v) is 8.73. The van der Waals surface area contributed by atoms with Gasteiger partial charge in [-0.15, -0.1) is 0 Å². The van der Waals surface area contributed by atoms with E-state index in [0.717, 1.165) is 34.0 Å². The molecule has 0 aliphatic carbocycles. The standard InChI is InChI=1S/C21H17N5O/c22-20-24-19(26-18-12-5-4-11-17(18)23-21(26)25-20)14-7-6-10-16(13-14)27-15-8-2-1-3-9-15/h1-13,19H,(H3,22,23,24,25)/p+1/t19-/m1/s1. The lowest BCUT2D eigenvalue weighted by Crippen LogP contribution is -2.48. The quantitative estimate of drug-likeness (QED) is 0.491. The van der Waals surface area contributed by atoms with Crippen LogP contribution >= 0.6 is 0 Å². The van der Waals surface area contributed by atoms with Crippen molar-refractivity contribution in [2.75, 3.05) is 5.32 Å². The summed E-state index contributed by atoms with van der Waals surface area (Å²) in [6, 6.07) is 25.8. The number of aromatic nitrogens is 2. The molecule has 27 heavy (non-hydrogen) atoms. The molecular weight excluding hydrogens is 338 g/mol. The Bertz CT molecular complexity index is 1150. The molecule has 0 spiro atoms. The number of benzene rings is 3. The number of hydrogen-bond donors (Lipinski definition) is 3. The number of H-pyrrole nitrogens is 1. The Morgan fingerprint density at radius 3 is 2.56 bits per heavy atom. The van der Waals surface area contributed by atoms with E-state index in [1.165, 1.54) is 0 Å². The zero-order valence-electron chi connectivity index (χ0n) is 14.5. The number of imidazole rings is 1. The van der Waals surface area contributed by atoms with Crippen molar-refractivity contribution < 1.29 is 9.30 Å². The monoisotopic (exact) mass is 356 g/mol. The zero-order chi connectivity index (χ0) is 18.2. The smallest absolute Gasteiger partial charge is 0.365 e. The number of aromatic amines is 1. The molecule has 1 atom stereocenters. The number of rotatable bonds is 3. The maximum Gasteiger partial charge on any atom is 0.365 e. The summed E-state index contributed by atoms with van der Waals surface area (Å²) < 4.78 is 8.09. The van der Waals surface area contributed by atoms with Gasteiger partial charge in [0.1, 0.15) is 22.5 Å². The highest BCUT2D eigenvalue weighted by atomic mass is 16.5. The Labute approximate surface area is 155 Å². The van der Waals surface area contributed by atoms with Crippen LogP contribution in [0.25, 0.3) is 11.0 Å². The normalized spacial score (nSPS) is 15.7. The van der Waals surface area contributed by atoms with Gasteiger partial charge in [-0.25, -0.2) is 14.9 Å². The Morgan fingerprint density at radius 1 is 0.889 bits per heavy atom. The molecule has 5 rings (SSSR count). The number of fused-ring (bicyclic) bond motifs is 3. The van der Waals surface area contributed by atoms with Gasteiger partial charge in [-0.1, -0.05) is 42.5 Å². The van der Waals surface area contributed by atoms with Gasteiger partial charge in [-0.3, -0.25) is 0 Å². The number of guanidine groups is 1. The third-order valence-electron chi connectivity index (χ3n) is 4.55. The summed E-state index contributed by atoms with van der Waals surface area (Å²) in [4.78, 5) is 8.00. The minimum atomic E-state index is -0.281. The molecule has 3 aromatic carbocycles. The lowest BCUT2D eigenvalue weighted by Gasteiger charge is -2.18. The molecule has 2 heterocycles. The molecule has 4 N–H and O–H groups in total. The summed E-state index contributed by atoms with van der Waals surface area (Å²) in [5, 5.41) is 3.11. The number of hydrogen-bond acceptors (Lipinski definition) is 4. The lowest BCUT2D eigenvalue weighted by atomic mass is 10.1. The van der Waals surface area contributed by atoms with Crippen LogP contribution in [0.2, 0.25) is 0 Å². The fourth-order valence-electron chi connectivity index (χ4n) is 3.37. The van der Waals surface area contributed by atoms with Crippen molar-refractivity contribution in [2.45, 2.75) is 6.17 Å². The van der Waals surface area contributed by atoms with E-state index >= 15 is 0 Å². The number of nitrogens with one attached hydrogen (secondary N) is 2. The van der Waals surface area contributed by atoms with Crippen LogP contribution in [-0.2, 0) is 0 Å². The van der Waals surface area contributed by atoms with Crippen LogP contribution in [0.5, 0.6) is 11.5 Å². The number of nitrogens with two attached hydrogens (primary N) is 1. The van der Waals surface area contributed by atoms with E-state index in [2.05, 4.69) is 25.9 Å². The van der Waals surface area contributed by atoms with E-state index in [9.17, 15) is 0 Å². The van der Waals surface area contributed by atoms with Crippen LogP contribution in [-0.4, -0.2) is 10.9 Å². The molecule has 4 aromatic rings. The molecule has 132 valence electrons. The third-order valence-corrected chi connectivity index (χ3v) is 4.55. The summed E-state index contributed by atoms with van der Waals surface area (Å²) >= 11 is 0. The van der Waals surface area contributed by atoms with E-state index in [-0.39, 0.29) is 6.17 Å². The zero-order valence-corrected chi connectivity index (χ0v) is 14.5. The van der Waals surface area contributed by atoms with E-state index in [4.69, 9.17) is 10.5 Å². The van der Waals surface area contributed by atoms with Crippen LogP contribution in [0.1, 0.15) is 11.7 Å². The van der Waals surface area contributed by atoms with Gasteiger partial charge in [0, 0.05) is 5.56 Å². The maximum absolute atomic E-state index is 6.04. The summed E-state index contributed by atoms with van der Waals surface area (Å²) in [7, 11) is 0. The van der Waals surface area contributed by atoms with Gasteiger partial charge in [0.2, 0.25) is 6.17 Å². The second-order valence-electron chi connectivity index (χ2n) is 6.36. The lowest BCUT2D eigenvalue weighted by molar-refractivity contribution is -0.674. The van der Waals surface area contributed by atoms with E-state index in [1.54, 1.807) is 0 Å². The second kappa shape index (κ2) is 6.17. The van der Waals surface area contributed by atoms with Gasteiger partial charge in [-0.2, -0.15) is 4.99 Å². The van der Waals surface area contributed by atoms with E-state index in [0.29, 0.717) is 5.96 Å². The van der Waals surface area contributed by atoms with Crippen molar-refractivity contribution in [2.24, 2.45) is 10.7 Å². The average Bonchev–Trinajstić information content (AvgIpc) is 3.06. The Kier molecular flexibility index (Phi) is 3.53. The summed E-state index contributed by atoms with van der Waals surface area (Å²) in [6.45, 7) is 0. The largest absolute Gasteiger partial charge is 0.457 e. The van der Waals surface area contributed by atoms with Crippen molar-refractivity contribution in [3.8, 4) is 11.5 Å². The molecule has 0 fully saturated rings. The Balaban J connectivity index is 1.58. The summed E-state index contributed by atoms with van der Waals surface area (Å²) in [6.07, 6.45) is -0.281. The fraction of sp³-hybridized carbons (Fsp3) is 0.0476. The molecule has 1 aromatic heterocycles. The molecule has 1 aliphatic heterocycles. The van der Waals surface area contributed by atoms with Crippen LogP contribution in [0.15, 0.2) is 83.9 Å². The molecule has 6 nitrogen and oxygen atoms in total. The third kappa shape index (κ3) is 2.77. The second-order valence-corrected chi connectivity index (χ2v) is 6.36. The van der Waals surface area contributed by atoms with Crippen LogP contribution in [0, 0.1) is 0 Å². The van der Waals surface area contributed by atoms with Gasteiger partial charge >= 0.3 is 5.95 Å². The van der Waals surface area contributed by atoms with Crippen molar-refractivity contribution in [1.82, 2.24) is 4.98 Å². The van der Waals surface area contributed by atoms with Gasteiger partial charge < -0.3 is 10.5 Å². The van der Waals surface area contributed by atoms with E-state index < -0.39 is 0 Å². The highest BCUT2D eigenvalue weighted by Gasteiger charge is 2.31. The van der Waals surface area contributed by atoms with E-state index in [1.807, 2.05) is 72.8 Å². The van der Waals surface area contributed by atoms with Crippen molar-refractivity contribution in [3.05, 3.63) is 84.4 Å². The van der Waals surface area contributed by atoms with Crippen LogP contribution < -0.4 is 20.4 Å². The van der Waals surface area contributed by atoms with Gasteiger partial charge in [-0.05, 0) is 36.4 Å². The summed E-state index contributed by atoms with van der Waals surface area (Å²) in [5.74, 6) is 2.74. The molecule has 0 unspecified atom stereocenters. The van der Waals surface area contributed by atoms with Crippen molar-refractivity contribution in [3.63, 3.8) is 0 Å². The van der Waals surface area contributed by atoms with Crippen molar-refractivity contribution in [1.29, 1.82) is 0 Å². The molecule has 1 aliphatic rings. The first kappa shape index (κ1) is 15.5. The van der Waals surface area contributed by atoms with Crippen molar-refractivity contribution >= 4 is 22.9 Å². The Hall–Kier alpha value is -3.80. The highest BCUT2D eigenvalue weighted by Crippen LogP contribution is 2.28. The van der Waals surface area contributed by atoms with Gasteiger partial charge in [0.15, 0.2) is 0 Å². The SMILES string of the molecule is NC1=N[C@@H](c2cccc(Oc3ccccc3)c2)[n+]2c([nH]c3ccccc32)N1. The minimum Gasteiger partial charge on any atom is -0.457 e. The molecule has 0 saturated heterocycles. The molecule has 0 radical (unpaired) electrons. The number of ether oxygens (including phenoxy) is 1. The van der Waals surface area contributed by atoms with Gasteiger partial charge in [0.05, 0.1) is 0 Å². The predicted molar refractivity (Wildman–Crippen MR) is 105 cm³/mol.